The van der Waals surface area contributed by atoms with Gasteiger partial charge in [-0.3, -0.25) is 4.79 Å². The van der Waals surface area contributed by atoms with Gasteiger partial charge in [-0.25, -0.2) is 4.98 Å². The van der Waals surface area contributed by atoms with Crippen LogP contribution >= 0.6 is 23.4 Å². The van der Waals surface area contributed by atoms with Gasteiger partial charge >= 0.3 is 0 Å². The van der Waals surface area contributed by atoms with Gasteiger partial charge in [0.1, 0.15) is 11.1 Å². The van der Waals surface area contributed by atoms with Crippen molar-refractivity contribution in [1.82, 2.24) is 4.98 Å². The fourth-order valence-corrected chi connectivity index (χ4v) is 3.24. The standard InChI is InChI=1S/C18H18ClN3O2S/c1-11-6-14(4-5-16(11)19)22-17(23)10-25-18-15(8-20)13(9-24-3)7-12(2)21-18/h4-7H,9-10H2,1-3H3,(H,22,23). The molecule has 5 nitrogen and oxygen atoms in total. The van der Waals surface area contributed by atoms with Crippen molar-refractivity contribution in [2.45, 2.75) is 25.5 Å². The Hall–Kier alpha value is -2.07. The predicted octanol–water partition coefficient (Wildman–Crippen LogP) is 4.10. The summed E-state index contributed by atoms with van der Waals surface area (Å²) < 4.78 is 5.13. The van der Waals surface area contributed by atoms with E-state index in [2.05, 4.69) is 16.4 Å². The zero-order chi connectivity index (χ0) is 18.4. The fourth-order valence-electron chi connectivity index (χ4n) is 2.26. The van der Waals surface area contributed by atoms with E-state index in [1.165, 1.54) is 11.8 Å². The normalized spacial score (nSPS) is 10.4. The highest BCUT2D eigenvalue weighted by Gasteiger charge is 2.14. The summed E-state index contributed by atoms with van der Waals surface area (Å²) in [7, 11) is 1.57. The molecule has 0 aliphatic rings. The van der Waals surface area contributed by atoms with Crippen LogP contribution in [0.25, 0.3) is 0 Å². The third-order valence-electron chi connectivity index (χ3n) is 3.39. The lowest BCUT2D eigenvalue weighted by Gasteiger charge is -2.10. The molecule has 0 bridgehead atoms. The van der Waals surface area contributed by atoms with E-state index in [-0.39, 0.29) is 11.7 Å². The number of ether oxygens (including phenoxy) is 1. The summed E-state index contributed by atoms with van der Waals surface area (Å²) in [6, 6.07) is 9.28. The van der Waals surface area contributed by atoms with E-state index in [1.807, 2.05) is 26.0 Å². The molecular weight excluding hydrogens is 358 g/mol. The molecule has 130 valence electrons. The number of nitriles is 1. The Labute approximate surface area is 156 Å². The Morgan fingerprint density at radius 3 is 2.80 bits per heavy atom. The maximum atomic E-state index is 12.2. The SMILES string of the molecule is COCc1cc(C)nc(SCC(=O)Nc2ccc(Cl)c(C)c2)c1C#N. The minimum atomic E-state index is -0.174. The smallest absolute Gasteiger partial charge is 0.234 e. The summed E-state index contributed by atoms with van der Waals surface area (Å²) in [4.78, 5) is 16.6. The quantitative estimate of drug-likeness (QED) is 0.769. The molecule has 0 unspecified atom stereocenters. The fraction of sp³-hybridized carbons (Fsp3) is 0.278. The van der Waals surface area contributed by atoms with Gasteiger partial charge in [0.05, 0.1) is 17.9 Å². The number of amides is 1. The van der Waals surface area contributed by atoms with E-state index in [1.54, 1.807) is 19.2 Å². The van der Waals surface area contributed by atoms with E-state index in [0.29, 0.717) is 27.9 Å². The number of nitrogens with one attached hydrogen (secondary N) is 1. The van der Waals surface area contributed by atoms with E-state index in [9.17, 15) is 10.1 Å². The summed E-state index contributed by atoms with van der Waals surface area (Å²) in [5.74, 6) is -0.0219. The number of aryl methyl sites for hydroxylation is 2. The number of benzene rings is 1. The molecule has 1 heterocycles. The minimum Gasteiger partial charge on any atom is -0.380 e. The first-order valence-corrected chi connectivity index (χ1v) is 8.89. The minimum absolute atomic E-state index is 0.152. The van der Waals surface area contributed by atoms with E-state index < -0.39 is 0 Å². The van der Waals surface area contributed by atoms with Crippen LogP contribution in [0.4, 0.5) is 5.69 Å². The van der Waals surface area contributed by atoms with Gasteiger partial charge in [-0.1, -0.05) is 23.4 Å². The molecule has 0 aliphatic carbocycles. The number of hydrogen-bond donors (Lipinski definition) is 1. The Bertz CT molecular complexity index is 834. The molecule has 0 spiro atoms. The summed E-state index contributed by atoms with van der Waals surface area (Å²) in [5, 5.41) is 13.4. The first kappa shape index (κ1) is 19.3. The number of hydrogen-bond acceptors (Lipinski definition) is 5. The largest absolute Gasteiger partial charge is 0.380 e. The van der Waals surface area contributed by atoms with Crippen molar-refractivity contribution in [3.05, 3.63) is 51.7 Å². The number of aromatic nitrogens is 1. The first-order valence-electron chi connectivity index (χ1n) is 7.53. The number of carbonyl (C=O) groups excluding carboxylic acids is 1. The molecule has 0 fully saturated rings. The number of thioether (sulfide) groups is 1. The Morgan fingerprint density at radius 2 is 2.16 bits per heavy atom. The summed E-state index contributed by atoms with van der Waals surface area (Å²) in [6.07, 6.45) is 0. The lowest BCUT2D eigenvalue weighted by atomic mass is 10.1. The van der Waals surface area contributed by atoms with Crippen molar-refractivity contribution < 1.29 is 9.53 Å². The molecule has 2 aromatic rings. The molecule has 0 saturated carbocycles. The average Bonchev–Trinajstić information content (AvgIpc) is 2.56. The molecule has 7 heteroatoms. The van der Waals surface area contributed by atoms with E-state index in [0.717, 1.165) is 16.8 Å². The van der Waals surface area contributed by atoms with Gasteiger partial charge in [0, 0.05) is 23.5 Å². The highest BCUT2D eigenvalue weighted by molar-refractivity contribution is 8.00. The molecule has 25 heavy (non-hydrogen) atoms. The Balaban J connectivity index is 2.08. The van der Waals surface area contributed by atoms with Gasteiger partial charge in [0.2, 0.25) is 5.91 Å². The van der Waals surface area contributed by atoms with Crippen molar-refractivity contribution in [3.8, 4) is 6.07 Å². The van der Waals surface area contributed by atoms with Crippen LogP contribution < -0.4 is 5.32 Å². The lowest BCUT2D eigenvalue weighted by Crippen LogP contribution is -2.14. The highest BCUT2D eigenvalue weighted by Crippen LogP contribution is 2.25. The second-order valence-electron chi connectivity index (χ2n) is 5.45. The number of carbonyl (C=O) groups is 1. The van der Waals surface area contributed by atoms with E-state index >= 15 is 0 Å². The molecule has 0 saturated heterocycles. The number of pyridine rings is 1. The van der Waals surface area contributed by atoms with Gasteiger partial charge in [-0.05, 0) is 49.2 Å². The molecule has 1 N–H and O–H groups in total. The number of nitrogens with zero attached hydrogens (tertiary/aromatic N) is 2. The van der Waals surface area contributed by atoms with Crippen LogP contribution in [0.3, 0.4) is 0 Å². The van der Waals surface area contributed by atoms with Crippen molar-refractivity contribution in [2.75, 3.05) is 18.2 Å². The molecular formula is C18H18ClN3O2S. The predicted molar refractivity (Wildman–Crippen MR) is 99.9 cm³/mol. The van der Waals surface area contributed by atoms with Gasteiger partial charge in [0.25, 0.3) is 0 Å². The molecule has 2 rings (SSSR count). The van der Waals surface area contributed by atoms with Crippen LogP contribution in [-0.2, 0) is 16.1 Å². The third kappa shape index (κ3) is 5.20. The molecule has 1 aromatic heterocycles. The number of rotatable bonds is 6. The van der Waals surface area contributed by atoms with Crippen LogP contribution in [0.5, 0.6) is 0 Å². The monoisotopic (exact) mass is 375 g/mol. The van der Waals surface area contributed by atoms with Crippen LogP contribution in [0.2, 0.25) is 5.02 Å². The van der Waals surface area contributed by atoms with Crippen LogP contribution in [-0.4, -0.2) is 23.8 Å². The number of halogens is 1. The lowest BCUT2D eigenvalue weighted by molar-refractivity contribution is -0.113. The summed E-state index contributed by atoms with van der Waals surface area (Å²) in [6.45, 7) is 4.05. The maximum absolute atomic E-state index is 12.2. The van der Waals surface area contributed by atoms with Crippen molar-refractivity contribution >= 4 is 35.0 Å². The topological polar surface area (TPSA) is 75.0 Å². The second kappa shape index (κ2) is 8.86. The third-order valence-corrected chi connectivity index (χ3v) is 4.79. The first-order chi connectivity index (χ1) is 11.9. The zero-order valence-electron chi connectivity index (χ0n) is 14.2. The van der Waals surface area contributed by atoms with Gasteiger partial charge in [-0.15, -0.1) is 0 Å². The summed E-state index contributed by atoms with van der Waals surface area (Å²) >= 11 is 7.21. The Kier molecular flexibility index (Phi) is 6.82. The molecule has 0 atom stereocenters. The average molecular weight is 376 g/mol. The molecule has 0 aliphatic heterocycles. The van der Waals surface area contributed by atoms with E-state index in [4.69, 9.17) is 16.3 Å². The van der Waals surface area contributed by atoms with Gasteiger partial charge in [-0.2, -0.15) is 5.26 Å². The maximum Gasteiger partial charge on any atom is 0.234 e. The van der Waals surface area contributed by atoms with Crippen molar-refractivity contribution in [2.24, 2.45) is 0 Å². The number of anilines is 1. The summed E-state index contributed by atoms with van der Waals surface area (Å²) in [5.41, 5.74) is 3.58. The van der Waals surface area contributed by atoms with Gasteiger partial charge < -0.3 is 10.1 Å². The number of methoxy groups -OCH3 is 1. The Morgan fingerprint density at radius 1 is 1.40 bits per heavy atom. The van der Waals surface area contributed by atoms with Crippen LogP contribution in [0, 0.1) is 25.2 Å². The molecule has 0 radical (unpaired) electrons. The molecule has 1 aromatic carbocycles. The molecule has 1 amide bonds. The van der Waals surface area contributed by atoms with Crippen LogP contribution in [0.1, 0.15) is 22.4 Å². The highest BCUT2D eigenvalue weighted by atomic mass is 35.5. The second-order valence-corrected chi connectivity index (χ2v) is 6.82. The van der Waals surface area contributed by atoms with Crippen LogP contribution in [0.15, 0.2) is 29.3 Å². The zero-order valence-corrected chi connectivity index (χ0v) is 15.8. The van der Waals surface area contributed by atoms with Crippen molar-refractivity contribution in [1.29, 1.82) is 5.26 Å². The van der Waals surface area contributed by atoms with Gasteiger partial charge in [0.15, 0.2) is 0 Å². The van der Waals surface area contributed by atoms with Crippen molar-refractivity contribution in [3.63, 3.8) is 0 Å².